The Balaban J connectivity index is 2.09. The summed E-state index contributed by atoms with van der Waals surface area (Å²) in [7, 11) is 0. The minimum atomic E-state index is -0.703. The van der Waals surface area contributed by atoms with Gasteiger partial charge in [-0.25, -0.2) is 0 Å². The standard InChI is InChI=1S/C17H20N2O2/c1-2-12-21-15-11-7-6-10-14(15)19-17(20)16(18)13-8-4-3-5-9-13/h3-11,16H,2,12,18H2,1H3,(H,19,20)/t16-/m1/s1. The van der Waals surface area contributed by atoms with Gasteiger partial charge in [0.2, 0.25) is 5.91 Å². The zero-order valence-corrected chi connectivity index (χ0v) is 12.1. The van der Waals surface area contributed by atoms with E-state index in [0.29, 0.717) is 18.0 Å². The molecule has 0 unspecified atom stereocenters. The first-order valence-corrected chi connectivity index (χ1v) is 7.05. The van der Waals surface area contributed by atoms with Crippen molar-refractivity contribution in [1.29, 1.82) is 0 Å². The second-order valence-electron chi connectivity index (χ2n) is 4.72. The highest BCUT2D eigenvalue weighted by molar-refractivity contribution is 5.96. The molecule has 0 saturated heterocycles. The summed E-state index contributed by atoms with van der Waals surface area (Å²) < 4.78 is 5.62. The lowest BCUT2D eigenvalue weighted by Crippen LogP contribution is -2.27. The Morgan fingerprint density at radius 2 is 1.81 bits per heavy atom. The summed E-state index contributed by atoms with van der Waals surface area (Å²) in [5.74, 6) is 0.404. The van der Waals surface area contributed by atoms with Crippen molar-refractivity contribution in [1.82, 2.24) is 0 Å². The number of nitrogens with one attached hydrogen (secondary N) is 1. The van der Waals surface area contributed by atoms with Crippen LogP contribution in [0, 0.1) is 0 Å². The van der Waals surface area contributed by atoms with Gasteiger partial charge >= 0.3 is 0 Å². The molecule has 0 aliphatic rings. The van der Waals surface area contributed by atoms with Gasteiger partial charge in [-0.1, -0.05) is 49.4 Å². The predicted octanol–water partition coefficient (Wildman–Crippen LogP) is 3.11. The molecular weight excluding hydrogens is 264 g/mol. The minimum Gasteiger partial charge on any atom is -0.491 e. The van der Waals surface area contributed by atoms with Crippen molar-refractivity contribution in [3.8, 4) is 5.75 Å². The molecule has 2 aromatic carbocycles. The van der Waals surface area contributed by atoms with Crippen LogP contribution in [-0.2, 0) is 4.79 Å². The van der Waals surface area contributed by atoms with Crippen LogP contribution in [0.5, 0.6) is 5.75 Å². The molecule has 2 rings (SSSR count). The number of amides is 1. The van der Waals surface area contributed by atoms with Gasteiger partial charge in [0.05, 0.1) is 12.3 Å². The maximum absolute atomic E-state index is 12.2. The van der Waals surface area contributed by atoms with Crippen LogP contribution in [-0.4, -0.2) is 12.5 Å². The van der Waals surface area contributed by atoms with Crippen molar-refractivity contribution in [3.63, 3.8) is 0 Å². The van der Waals surface area contributed by atoms with Crippen molar-refractivity contribution in [2.45, 2.75) is 19.4 Å². The van der Waals surface area contributed by atoms with Crippen LogP contribution in [0.3, 0.4) is 0 Å². The molecule has 21 heavy (non-hydrogen) atoms. The Hall–Kier alpha value is -2.33. The number of para-hydroxylation sites is 2. The lowest BCUT2D eigenvalue weighted by atomic mass is 10.1. The molecule has 0 fully saturated rings. The Morgan fingerprint density at radius 1 is 1.14 bits per heavy atom. The maximum Gasteiger partial charge on any atom is 0.245 e. The van der Waals surface area contributed by atoms with Crippen LogP contribution in [0.15, 0.2) is 54.6 Å². The van der Waals surface area contributed by atoms with E-state index in [1.807, 2.05) is 55.5 Å². The third kappa shape index (κ3) is 4.07. The second kappa shape index (κ2) is 7.45. The smallest absolute Gasteiger partial charge is 0.245 e. The summed E-state index contributed by atoms with van der Waals surface area (Å²) in [6.45, 7) is 2.64. The number of benzene rings is 2. The number of carbonyl (C=O) groups is 1. The molecule has 0 spiro atoms. The van der Waals surface area contributed by atoms with E-state index < -0.39 is 6.04 Å². The number of anilines is 1. The fraction of sp³-hybridized carbons (Fsp3) is 0.235. The van der Waals surface area contributed by atoms with Crippen molar-refractivity contribution in [2.75, 3.05) is 11.9 Å². The number of ether oxygens (including phenoxy) is 1. The van der Waals surface area contributed by atoms with Crippen molar-refractivity contribution in [2.24, 2.45) is 5.73 Å². The average molecular weight is 284 g/mol. The lowest BCUT2D eigenvalue weighted by molar-refractivity contribution is -0.117. The molecule has 2 aromatic rings. The summed E-state index contributed by atoms with van der Waals surface area (Å²) in [5.41, 5.74) is 7.40. The highest BCUT2D eigenvalue weighted by Gasteiger charge is 2.16. The van der Waals surface area contributed by atoms with Crippen LogP contribution in [0.1, 0.15) is 24.9 Å². The minimum absolute atomic E-state index is 0.256. The molecule has 3 N–H and O–H groups in total. The van der Waals surface area contributed by atoms with E-state index in [9.17, 15) is 4.79 Å². The van der Waals surface area contributed by atoms with Crippen LogP contribution in [0.25, 0.3) is 0 Å². The summed E-state index contributed by atoms with van der Waals surface area (Å²) >= 11 is 0. The van der Waals surface area contributed by atoms with E-state index in [-0.39, 0.29) is 5.91 Å². The Kier molecular flexibility index (Phi) is 5.35. The van der Waals surface area contributed by atoms with Gasteiger partial charge in [0.1, 0.15) is 11.8 Å². The van der Waals surface area contributed by atoms with E-state index >= 15 is 0 Å². The molecule has 0 bridgehead atoms. The quantitative estimate of drug-likeness (QED) is 0.856. The molecule has 110 valence electrons. The molecule has 4 heteroatoms. The average Bonchev–Trinajstić information content (AvgIpc) is 2.54. The van der Waals surface area contributed by atoms with E-state index in [1.165, 1.54) is 0 Å². The SMILES string of the molecule is CCCOc1ccccc1NC(=O)[C@H](N)c1ccccc1. The topological polar surface area (TPSA) is 64.3 Å². The van der Waals surface area contributed by atoms with Gasteiger partial charge in [-0.05, 0) is 24.1 Å². The molecule has 0 aromatic heterocycles. The van der Waals surface area contributed by atoms with Crippen molar-refractivity contribution in [3.05, 3.63) is 60.2 Å². The number of carbonyl (C=O) groups excluding carboxylic acids is 1. The van der Waals surface area contributed by atoms with Gasteiger partial charge in [0, 0.05) is 0 Å². The van der Waals surface area contributed by atoms with Gasteiger partial charge < -0.3 is 15.8 Å². The molecule has 1 atom stereocenters. The van der Waals surface area contributed by atoms with Crippen LogP contribution in [0.4, 0.5) is 5.69 Å². The normalized spacial score (nSPS) is 11.7. The van der Waals surface area contributed by atoms with Crippen LogP contribution >= 0.6 is 0 Å². The number of nitrogens with two attached hydrogens (primary N) is 1. The Labute approximate surface area is 124 Å². The molecule has 0 radical (unpaired) electrons. The zero-order valence-electron chi connectivity index (χ0n) is 12.1. The van der Waals surface area contributed by atoms with E-state index in [1.54, 1.807) is 6.07 Å². The van der Waals surface area contributed by atoms with Crippen molar-refractivity contribution < 1.29 is 9.53 Å². The van der Waals surface area contributed by atoms with Crippen molar-refractivity contribution >= 4 is 11.6 Å². The van der Waals surface area contributed by atoms with Gasteiger partial charge in [0.25, 0.3) is 0 Å². The summed E-state index contributed by atoms with van der Waals surface area (Å²) in [6, 6.07) is 15.9. The molecule has 0 heterocycles. The monoisotopic (exact) mass is 284 g/mol. The van der Waals surface area contributed by atoms with Crippen LogP contribution < -0.4 is 15.8 Å². The Morgan fingerprint density at radius 3 is 2.52 bits per heavy atom. The first-order chi connectivity index (χ1) is 10.2. The van der Waals surface area contributed by atoms with Gasteiger partial charge in [-0.15, -0.1) is 0 Å². The molecule has 4 nitrogen and oxygen atoms in total. The fourth-order valence-corrected chi connectivity index (χ4v) is 1.93. The molecule has 0 saturated carbocycles. The third-order valence-corrected chi connectivity index (χ3v) is 3.05. The molecule has 0 aliphatic heterocycles. The first kappa shape index (κ1) is 15.1. The largest absolute Gasteiger partial charge is 0.491 e. The molecular formula is C17H20N2O2. The first-order valence-electron chi connectivity index (χ1n) is 7.05. The van der Waals surface area contributed by atoms with E-state index in [0.717, 1.165) is 12.0 Å². The van der Waals surface area contributed by atoms with Crippen LogP contribution in [0.2, 0.25) is 0 Å². The summed E-state index contributed by atoms with van der Waals surface area (Å²) in [6.07, 6.45) is 0.909. The number of rotatable bonds is 6. The van der Waals surface area contributed by atoms with E-state index in [2.05, 4.69) is 5.32 Å². The molecule has 0 aliphatic carbocycles. The zero-order chi connectivity index (χ0) is 15.1. The third-order valence-electron chi connectivity index (χ3n) is 3.05. The predicted molar refractivity (Wildman–Crippen MR) is 84.2 cm³/mol. The van der Waals surface area contributed by atoms with Gasteiger partial charge in [-0.3, -0.25) is 4.79 Å². The van der Waals surface area contributed by atoms with Gasteiger partial charge in [-0.2, -0.15) is 0 Å². The second-order valence-corrected chi connectivity index (χ2v) is 4.72. The lowest BCUT2D eigenvalue weighted by Gasteiger charge is -2.15. The van der Waals surface area contributed by atoms with E-state index in [4.69, 9.17) is 10.5 Å². The fourth-order valence-electron chi connectivity index (χ4n) is 1.93. The number of hydrogen-bond acceptors (Lipinski definition) is 3. The summed E-state index contributed by atoms with van der Waals surface area (Å²) in [4.78, 5) is 12.2. The highest BCUT2D eigenvalue weighted by Crippen LogP contribution is 2.25. The Bertz CT molecular complexity index is 584. The summed E-state index contributed by atoms with van der Waals surface area (Å²) in [5, 5.41) is 2.83. The number of hydrogen-bond donors (Lipinski definition) is 2. The highest BCUT2D eigenvalue weighted by atomic mass is 16.5. The maximum atomic E-state index is 12.2. The van der Waals surface area contributed by atoms with Gasteiger partial charge in [0.15, 0.2) is 0 Å². The molecule has 1 amide bonds.